The summed E-state index contributed by atoms with van der Waals surface area (Å²) in [5.41, 5.74) is 10.2. The Morgan fingerprint density at radius 2 is 1.93 bits per heavy atom. The van der Waals surface area contributed by atoms with Gasteiger partial charge >= 0.3 is 0 Å². The number of hydrogen-bond acceptors (Lipinski definition) is 6. The van der Waals surface area contributed by atoms with Crippen molar-refractivity contribution >= 4 is 38.4 Å². The molecule has 0 saturated carbocycles. The van der Waals surface area contributed by atoms with Gasteiger partial charge in [0.1, 0.15) is 11.9 Å². The fourth-order valence-corrected chi connectivity index (χ4v) is 3.56. The Bertz CT molecular complexity index is 1260. The molecule has 3 aromatic rings. The van der Waals surface area contributed by atoms with Gasteiger partial charge in [0.15, 0.2) is 15.8 Å². The maximum Gasteiger partial charge on any atom is 0.287 e. The van der Waals surface area contributed by atoms with Crippen molar-refractivity contribution in [3.05, 3.63) is 58.4 Å². The number of sulfone groups is 1. The lowest BCUT2D eigenvalue weighted by molar-refractivity contribution is -0.385. The lowest BCUT2D eigenvalue weighted by Gasteiger charge is -2.12. The van der Waals surface area contributed by atoms with Crippen LogP contribution in [-0.2, 0) is 9.84 Å². The van der Waals surface area contributed by atoms with Crippen LogP contribution in [0.25, 0.3) is 16.7 Å². The van der Waals surface area contributed by atoms with Crippen molar-refractivity contribution in [2.75, 3.05) is 6.26 Å². The normalized spacial score (nSPS) is 11.3. The number of guanidine groups is 1. The summed E-state index contributed by atoms with van der Waals surface area (Å²) in [4.78, 5) is 30.0. The number of benzene rings is 2. The number of hydrogen-bond donors (Lipinski definition) is 2. The number of nitro benzene ring substituents is 1. The van der Waals surface area contributed by atoms with E-state index < -0.39 is 37.9 Å². The van der Waals surface area contributed by atoms with Gasteiger partial charge in [-0.05, 0) is 18.2 Å². The molecule has 0 unspecified atom stereocenters. The molecular weight excluding hydrogens is 388 g/mol. The number of imidazole rings is 1. The SMILES string of the molecule is CS(=O)(=O)c1cc(C(=O)N=C(N)N)c([N+](=O)[O-])cc1-n1cnc2ccccc21. The van der Waals surface area contributed by atoms with Crippen molar-refractivity contribution in [2.45, 2.75) is 4.90 Å². The zero-order chi connectivity index (χ0) is 20.6. The van der Waals surface area contributed by atoms with Crippen molar-refractivity contribution in [3.63, 3.8) is 0 Å². The number of aromatic nitrogens is 2. The van der Waals surface area contributed by atoms with Crippen molar-refractivity contribution in [2.24, 2.45) is 16.5 Å². The molecule has 144 valence electrons. The first kappa shape index (κ1) is 19.0. The van der Waals surface area contributed by atoms with Crippen LogP contribution in [0, 0.1) is 10.1 Å². The minimum absolute atomic E-state index is 0.0239. The van der Waals surface area contributed by atoms with Crippen molar-refractivity contribution in [1.82, 2.24) is 9.55 Å². The third kappa shape index (κ3) is 3.40. The van der Waals surface area contributed by atoms with Crippen molar-refractivity contribution < 1.29 is 18.1 Å². The lowest BCUT2D eigenvalue weighted by atomic mass is 10.1. The molecule has 0 saturated heterocycles. The van der Waals surface area contributed by atoms with Gasteiger partial charge in [-0.3, -0.25) is 19.5 Å². The molecule has 0 aliphatic carbocycles. The topological polar surface area (TPSA) is 177 Å². The fourth-order valence-electron chi connectivity index (χ4n) is 2.69. The number of nitrogens with two attached hydrogens (primary N) is 2. The number of aliphatic imine (C=N–C) groups is 1. The summed E-state index contributed by atoms with van der Waals surface area (Å²) in [6, 6.07) is 8.73. The summed E-state index contributed by atoms with van der Waals surface area (Å²) in [5, 5.41) is 11.5. The highest BCUT2D eigenvalue weighted by Crippen LogP contribution is 2.32. The Kier molecular flexibility index (Phi) is 4.56. The molecule has 0 atom stereocenters. The first-order valence-corrected chi connectivity index (χ1v) is 9.57. The highest BCUT2D eigenvalue weighted by Gasteiger charge is 2.28. The predicted octanol–water partition coefficient (Wildman–Crippen LogP) is 0.751. The Morgan fingerprint density at radius 3 is 2.54 bits per heavy atom. The number of para-hydroxylation sites is 2. The highest BCUT2D eigenvalue weighted by atomic mass is 32.2. The first-order valence-electron chi connectivity index (χ1n) is 7.68. The number of rotatable bonds is 4. The Hall–Kier alpha value is -3.80. The number of nitro groups is 1. The Balaban J connectivity index is 2.40. The van der Waals surface area contributed by atoms with Crippen LogP contribution in [0.1, 0.15) is 10.4 Å². The quantitative estimate of drug-likeness (QED) is 0.278. The molecule has 11 nitrogen and oxygen atoms in total. The van der Waals surface area contributed by atoms with Crippen LogP contribution in [0.2, 0.25) is 0 Å². The zero-order valence-electron chi connectivity index (χ0n) is 14.4. The average Bonchev–Trinajstić information content (AvgIpc) is 3.03. The van der Waals surface area contributed by atoms with Gasteiger partial charge in [-0.1, -0.05) is 12.1 Å². The Morgan fingerprint density at radius 1 is 1.25 bits per heavy atom. The van der Waals surface area contributed by atoms with Crippen molar-refractivity contribution in [1.29, 1.82) is 0 Å². The third-order valence-electron chi connectivity index (χ3n) is 3.85. The first-order chi connectivity index (χ1) is 13.1. The molecule has 2 aromatic carbocycles. The van der Waals surface area contributed by atoms with Gasteiger partial charge in [-0.2, -0.15) is 4.99 Å². The number of fused-ring (bicyclic) bond motifs is 1. The second-order valence-corrected chi connectivity index (χ2v) is 7.80. The molecule has 0 radical (unpaired) electrons. The van der Waals surface area contributed by atoms with Gasteiger partial charge in [0.2, 0.25) is 0 Å². The number of amides is 1. The van der Waals surface area contributed by atoms with E-state index in [0.717, 1.165) is 18.4 Å². The van der Waals surface area contributed by atoms with E-state index in [1.807, 2.05) is 0 Å². The summed E-state index contributed by atoms with van der Waals surface area (Å²) in [7, 11) is -3.89. The van der Waals surface area contributed by atoms with Crippen LogP contribution >= 0.6 is 0 Å². The molecule has 0 spiro atoms. The molecule has 3 rings (SSSR count). The van der Waals surface area contributed by atoms with Crippen LogP contribution in [-0.4, -0.2) is 41.0 Å². The Labute approximate surface area is 158 Å². The lowest BCUT2D eigenvalue weighted by Crippen LogP contribution is -2.24. The van der Waals surface area contributed by atoms with Gasteiger partial charge in [-0.25, -0.2) is 13.4 Å². The van der Waals surface area contributed by atoms with E-state index in [1.165, 1.54) is 10.9 Å². The largest absolute Gasteiger partial charge is 0.370 e. The smallest absolute Gasteiger partial charge is 0.287 e. The van der Waals surface area contributed by atoms with Crippen molar-refractivity contribution in [3.8, 4) is 5.69 Å². The van der Waals surface area contributed by atoms with E-state index in [9.17, 15) is 23.3 Å². The average molecular weight is 402 g/mol. The predicted molar refractivity (Wildman–Crippen MR) is 101 cm³/mol. The fraction of sp³-hybridized carbons (Fsp3) is 0.0625. The standard InChI is InChI=1S/C16H14N6O5S/c1-28(26,27)14-6-9(15(23)20-16(17)18)12(22(24)25)7-13(14)21-8-19-10-4-2-3-5-11(10)21/h2-8H,1H3,(H4,17,18,20,23). The molecule has 4 N–H and O–H groups in total. The van der Waals surface area contributed by atoms with E-state index in [0.29, 0.717) is 11.0 Å². The molecule has 0 bridgehead atoms. The summed E-state index contributed by atoms with van der Waals surface area (Å²) in [6.45, 7) is 0. The van der Waals surface area contributed by atoms with Gasteiger partial charge in [0.05, 0.1) is 26.5 Å². The molecule has 28 heavy (non-hydrogen) atoms. The van der Waals surface area contributed by atoms with E-state index in [2.05, 4.69) is 9.98 Å². The van der Waals surface area contributed by atoms with Gasteiger partial charge in [0, 0.05) is 12.3 Å². The number of carbonyl (C=O) groups excluding carboxylic acids is 1. The van der Waals surface area contributed by atoms with Crippen LogP contribution in [0.5, 0.6) is 0 Å². The molecule has 1 heterocycles. The summed E-state index contributed by atoms with van der Waals surface area (Å²) in [6.07, 6.45) is 2.27. The van der Waals surface area contributed by atoms with Crippen LogP contribution in [0.3, 0.4) is 0 Å². The molecule has 1 amide bonds. The summed E-state index contributed by atoms with van der Waals surface area (Å²) in [5.74, 6) is -1.73. The summed E-state index contributed by atoms with van der Waals surface area (Å²) >= 11 is 0. The zero-order valence-corrected chi connectivity index (χ0v) is 15.3. The van der Waals surface area contributed by atoms with E-state index in [4.69, 9.17) is 11.5 Å². The van der Waals surface area contributed by atoms with Gasteiger partial charge in [-0.15, -0.1) is 0 Å². The monoisotopic (exact) mass is 402 g/mol. The summed E-state index contributed by atoms with van der Waals surface area (Å²) < 4.78 is 26.1. The second-order valence-electron chi connectivity index (χ2n) is 5.81. The molecule has 12 heteroatoms. The van der Waals surface area contributed by atoms with E-state index >= 15 is 0 Å². The molecule has 0 aliphatic rings. The minimum Gasteiger partial charge on any atom is -0.370 e. The molecule has 0 fully saturated rings. The van der Waals surface area contributed by atoms with E-state index in [-0.39, 0.29) is 10.6 Å². The van der Waals surface area contributed by atoms with Crippen LogP contribution < -0.4 is 11.5 Å². The van der Waals surface area contributed by atoms with Crippen LogP contribution in [0.4, 0.5) is 5.69 Å². The second kappa shape index (κ2) is 6.74. The van der Waals surface area contributed by atoms with Gasteiger partial charge in [0.25, 0.3) is 11.6 Å². The highest BCUT2D eigenvalue weighted by molar-refractivity contribution is 7.90. The van der Waals surface area contributed by atoms with E-state index in [1.54, 1.807) is 24.3 Å². The molecule has 1 aromatic heterocycles. The number of carbonyl (C=O) groups is 1. The van der Waals surface area contributed by atoms with Crippen LogP contribution in [0.15, 0.2) is 52.6 Å². The molecule has 0 aliphatic heterocycles. The van der Waals surface area contributed by atoms with Gasteiger partial charge < -0.3 is 11.5 Å². The third-order valence-corrected chi connectivity index (χ3v) is 4.97. The number of nitrogens with zero attached hydrogens (tertiary/aromatic N) is 4. The molecular formula is C16H14N6O5S. The minimum atomic E-state index is -3.89. The maximum absolute atomic E-state index is 12.4. The maximum atomic E-state index is 12.4.